The average Bonchev–Trinajstić information content (AvgIpc) is 2.71. The molecule has 0 aliphatic carbocycles. The lowest BCUT2D eigenvalue weighted by Crippen LogP contribution is -2.29. The fourth-order valence-corrected chi connectivity index (χ4v) is 1.12. The van der Waals surface area contributed by atoms with Crippen LogP contribution in [-0.2, 0) is 0 Å². The molecule has 0 saturated heterocycles. The molecular weight excluding hydrogens is 212 g/mol. The van der Waals surface area contributed by atoms with Crippen molar-refractivity contribution in [3.8, 4) is 0 Å². The number of urea groups is 1. The molecule has 2 rings (SSSR count). The molecule has 0 spiro atoms. The van der Waals surface area contributed by atoms with Crippen molar-refractivity contribution in [3.05, 3.63) is 30.2 Å². The Hall–Kier alpha value is -2.41. The Morgan fingerprint density at radius 2 is 2.31 bits per heavy atom. The predicted octanol–water partition coefficient (Wildman–Crippen LogP) is 0.850. The van der Waals surface area contributed by atoms with Crippen LogP contribution < -0.4 is 10.9 Å². The highest BCUT2D eigenvalue weighted by Gasteiger charge is 2.01. The van der Waals surface area contributed by atoms with Crippen molar-refractivity contribution in [2.75, 3.05) is 0 Å². The van der Waals surface area contributed by atoms with Crippen LogP contribution in [0.1, 0.15) is 5.89 Å². The van der Waals surface area contributed by atoms with E-state index in [0.717, 1.165) is 0 Å². The van der Waals surface area contributed by atoms with Gasteiger partial charge in [0.25, 0.3) is 0 Å². The molecule has 1 aromatic heterocycles. The van der Waals surface area contributed by atoms with Gasteiger partial charge >= 0.3 is 6.03 Å². The zero-order valence-corrected chi connectivity index (χ0v) is 8.04. The van der Waals surface area contributed by atoms with Crippen LogP contribution in [0.4, 0.5) is 4.79 Å². The van der Waals surface area contributed by atoms with Crippen LogP contribution in [0.15, 0.2) is 33.8 Å². The Kier molecular flexibility index (Phi) is 2.79. The number of aromatic nitrogens is 1. The Bertz CT molecular complexity index is 501. The van der Waals surface area contributed by atoms with Gasteiger partial charge in [-0.3, -0.25) is 5.21 Å². The number of carbonyl (C=O) groups is 1. The normalized spacial score (nSPS) is 10.8. The molecule has 0 fully saturated rings. The maximum absolute atomic E-state index is 10.5. The second-order valence-electron chi connectivity index (χ2n) is 2.83. The molecule has 1 heterocycles. The summed E-state index contributed by atoms with van der Waals surface area (Å²) in [6, 6.07) is 6.39. The molecule has 0 aliphatic rings. The summed E-state index contributed by atoms with van der Waals surface area (Å²) in [6.07, 6.45) is 1.23. The fraction of sp³-hybridized carbons (Fsp3) is 0. The molecular formula is C9H8N4O3. The van der Waals surface area contributed by atoms with E-state index in [-0.39, 0.29) is 5.89 Å². The number of para-hydroxylation sites is 2. The minimum Gasteiger partial charge on any atom is -0.435 e. The Labute approximate surface area is 89.7 Å². The minimum absolute atomic E-state index is 0.263. The van der Waals surface area contributed by atoms with Gasteiger partial charge in [-0.2, -0.15) is 5.10 Å². The van der Waals surface area contributed by atoms with Crippen molar-refractivity contribution in [1.29, 1.82) is 0 Å². The van der Waals surface area contributed by atoms with E-state index in [1.54, 1.807) is 12.1 Å². The molecule has 0 unspecified atom stereocenters. The Balaban J connectivity index is 2.12. The Morgan fingerprint density at radius 1 is 1.50 bits per heavy atom. The van der Waals surface area contributed by atoms with Gasteiger partial charge in [-0.1, -0.05) is 12.1 Å². The summed E-state index contributed by atoms with van der Waals surface area (Å²) in [5.41, 5.74) is 4.70. The molecule has 2 amide bonds. The maximum atomic E-state index is 10.5. The van der Waals surface area contributed by atoms with E-state index in [2.05, 4.69) is 10.1 Å². The molecule has 7 nitrogen and oxygen atoms in total. The lowest BCUT2D eigenvalue weighted by atomic mass is 10.3. The molecule has 1 aromatic carbocycles. The number of rotatable bonds is 2. The average molecular weight is 220 g/mol. The summed E-state index contributed by atoms with van der Waals surface area (Å²) in [5.74, 6) is 0.263. The van der Waals surface area contributed by atoms with Crippen LogP contribution in [0.5, 0.6) is 0 Å². The predicted molar refractivity (Wildman–Crippen MR) is 55.1 cm³/mol. The van der Waals surface area contributed by atoms with Gasteiger partial charge in [0.05, 0.1) is 0 Å². The lowest BCUT2D eigenvalue weighted by Gasteiger charge is -1.92. The van der Waals surface area contributed by atoms with Gasteiger partial charge in [0.2, 0.25) is 5.89 Å². The van der Waals surface area contributed by atoms with E-state index in [1.807, 2.05) is 17.6 Å². The standard InChI is InChI=1S/C9H8N4O3/c14-9(13-15)12-10-5-8-11-6-3-1-2-4-7(6)16-8/h1-5,15H,(H2,12,13,14)/b10-5+. The van der Waals surface area contributed by atoms with Gasteiger partial charge in [0, 0.05) is 0 Å². The number of carbonyl (C=O) groups excluding carboxylic acids is 1. The number of hydrogen-bond donors (Lipinski definition) is 3. The fourth-order valence-electron chi connectivity index (χ4n) is 1.12. The third kappa shape index (κ3) is 2.15. The van der Waals surface area contributed by atoms with Gasteiger partial charge in [-0.05, 0) is 12.1 Å². The summed E-state index contributed by atoms with van der Waals surface area (Å²) < 4.78 is 5.29. The zero-order valence-electron chi connectivity index (χ0n) is 8.04. The molecule has 0 radical (unpaired) electrons. The van der Waals surface area contributed by atoms with Gasteiger partial charge < -0.3 is 4.42 Å². The number of fused-ring (bicyclic) bond motifs is 1. The molecule has 0 aliphatic heterocycles. The van der Waals surface area contributed by atoms with E-state index in [4.69, 9.17) is 9.62 Å². The van der Waals surface area contributed by atoms with Crippen molar-refractivity contribution >= 4 is 23.3 Å². The van der Waals surface area contributed by atoms with Crippen LogP contribution >= 0.6 is 0 Å². The van der Waals surface area contributed by atoms with Crippen molar-refractivity contribution < 1.29 is 14.4 Å². The highest BCUT2D eigenvalue weighted by Crippen LogP contribution is 2.12. The summed E-state index contributed by atoms with van der Waals surface area (Å²) in [5, 5.41) is 11.7. The number of benzene rings is 1. The van der Waals surface area contributed by atoms with Gasteiger partial charge in [0.15, 0.2) is 5.58 Å². The minimum atomic E-state index is -0.840. The maximum Gasteiger partial charge on any atom is 0.358 e. The van der Waals surface area contributed by atoms with Crippen molar-refractivity contribution in [3.63, 3.8) is 0 Å². The molecule has 2 aromatic rings. The van der Waals surface area contributed by atoms with E-state index < -0.39 is 6.03 Å². The van der Waals surface area contributed by atoms with Gasteiger partial charge in [-0.15, -0.1) is 0 Å². The molecule has 0 atom stereocenters. The first-order valence-corrected chi connectivity index (χ1v) is 4.38. The molecule has 0 bridgehead atoms. The number of nitrogens with zero attached hydrogens (tertiary/aromatic N) is 2. The largest absolute Gasteiger partial charge is 0.435 e. The van der Waals surface area contributed by atoms with Crippen LogP contribution in [0.2, 0.25) is 0 Å². The first-order chi connectivity index (χ1) is 7.79. The van der Waals surface area contributed by atoms with Gasteiger partial charge in [0.1, 0.15) is 11.7 Å². The number of oxazole rings is 1. The molecule has 7 heteroatoms. The lowest BCUT2D eigenvalue weighted by molar-refractivity contribution is 0.162. The van der Waals surface area contributed by atoms with Crippen LogP contribution in [-0.4, -0.2) is 22.4 Å². The zero-order chi connectivity index (χ0) is 11.4. The Morgan fingerprint density at radius 3 is 3.06 bits per heavy atom. The molecule has 16 heavy (non-hydrogen) atoms. The summed E-state index contributed by atoms with van der Waals surface area (Å²) >= 11 is 0. The SMILES string of the molecule is O=C(NO)N/N=C/c1nc2ccccc2o1. The first-order valence-electron chi connectivity index (χ1n) is 4.38. The molecule has 0 saturated carbocycles. The molecule has 82 valence electrons. The topological polar surface area (TPSA) is 99.8 Å². The van der Waals surface area contributed by atoms with Crippen molar-refractivity contribution in [1.82, 2.24) is 15.9 Å². The summed E-state index contributed by atoms with van der Waals surface area (Å²) in [4.78, 5) is 14.6. The van der Waals surface area contributed by atoms with E-state index in [9.17, 15) is 4.79 Å². The summed E-state index contributed by atoms with van der Waals surface area (Å²) in [7, 11) is 0. The third-order valence-electron chi connectivity index (χ3n) is 1.75. The van der Waals surface area contributed by atoms with E-state index >= 15 is 0 Å². The smallest absolute Gasteiger partial charge is 0.358 e. The quantitative estimate of drug-likeness (QED) is 0.397. The molecule has 3 N–H and O–H groups in total. The third-order valence-corrected chi connectivity index (χ3v) is 1.75. The number of hydroxylamine groups is 1. The van der Waals surface area contributed by atoms with Crippen molar-refractivity contribution in [2.45, 2.75) is 0 Å². The van der Waals surface area contributed by atoms with E-state index in [0.29, 0.717) is 11.1 Å². The van der Waals surface area contributed by atoms with Crippen LogP contribution in [0, 0.1) is 0 Å². The van der Waals surface area contributed by atoms with Gasteiger partial charge in [-0.25, -0.2) is 20.7 Å². The van der Waals surface area contributed by atoms with Crippen LogP contribution in [0.25, 0.3) is 11.1 Å². The monoisotopic (exact) mass is 220 g/mol. The number of nitrogens with one attached hydrogen (secondary N) is 2. The van der Waals surface area contributed by atoms with Crippen molar-refractivity contribution in [2.24, 2.45) is 5.10 Å². The van der Waals surface area contributed by atoms with Crippen LogP contribution in [0.3, 0.4) is 0 Å². The number of hydrazone groups is 1. The second kappa shape index (κ2) is 4.41. The summed E-state index contributed by atoms with van der Waals surface area (Å²) in [6.45, 7) is 0. The van der Waals surface area contributed by atoms with E-state index in [1.165, 1.54) is 11.7 Å². The highest BCUT2D eigenvalue weighted by molar-refractivity contribution is 5.82. The number of hydrogen-bond acceptors (Lipinski definition) is 5. The first kappa shape index (κ1) is 10.1. The highest BCUT2D eigenvalue weighted by atomic mass is 16.5. The number of amides is 2. The second-order valence-corrected chi connectivity index (χ2v) is 2.83.